The van der Waals surface area contributed by atoms with Crippen LogP contribution in [0.2, 0.25) is 0 Å². The molecular weight excluding hydrogens is 162 g/mol. The number of aliphatic hydroxyl groups is 1. The Hall–Kier alpha value is -0.0800. The first kappa shape index (κ1) is 11.0. The van der Waals surface area contributed by atoms with E-state index < -0.39 is 0 Å². The lowest BCUT2D eigenvalue weighted by Crippen LogP contribution is -2.49. The second-order valence-electron chi connectivity index (χ2n) is 5.29. The van der Waals surface area contributed by atoms with Gasteiger partial charge in [0.2, 0.25) is 0 Å². The van der Waals surface area contributed by atoms with Gasteiger partial charge >= 0.3 is 0 Å². The maximum Gasteiger partial charge on any atom is 0.0555 e. The molecule has 0 radical (unpaired) electrons. The highest BCUT2D eigenvalue weighted by Gasteiger charge is 2.35. The minimum absolute atomic E-state index is 0.0933. The summed E-state index contributed by atoms with van der Waals surface area (Å²) in [4.78, 5) is 0. The minimum atomic E-state index is -0.0933. The molecule has 2 nitrogen and oxygen atoms in total. The van der Waals surface area contributed by atoms with Crippen molar-refractivity contribution < 1.29 is 5.11 Å². The zero-order valence-electron chi connectivity index (χ0n) is 9.30. The van der Waals surface area contributed by atoms with Crippen LogP contribution in [0, 0.1) is 5.41 Å². The van der Waals surface area contributed by atoms with Crippen molar-refractivity contribution >= 4 is 0 Å². The largest absolute Gasteiger partial charge is 0.393 e. The Labute approximate surface area is 81.7 Å². The normalized spacial score (nSPS) is 33.7. The molecule has 0 aromatic rings. The molecule has 0 aliphatic heterocycles. The molecule has 2 unspecified atom stereocenters. The first-order valence-electron chi connectivity index (χ1n) is 5.36. The fourth-order valence-corrected chi connectivity index (χ4v) is 2.12. The molecule has 0 heterocycles. The first-order chi connectivity index (χ1) is 5.92. The smallest absolute Gasteiger partial charge is 0.0555 e. The fraction of sp³-hybridized carbons (Fsp3) is 1.00. The minimum Gasteiger partial charge on any atom is -0.393 e. The summed E-state index contributed by atoms with van der Waals surface area (Å²) >= 11 is 0. The van der Waals surface area contributed by atoms with Gasteiger partial charge in [-0.2, -0.15) is 0 Å². The predicted octanol–water partition coefficient (Wildman–Crippen LogP) is 1.92. The Morgan fingerprint density at radius 2 is 2.00 bits per heavy atom. The van der Waals surface area contributed by atoms with Crippen LogP contribution in [0.4, 0.5) is 0 Å². The van der Waals surface area contributed by atoms with E-state index >= 15 is 0 Å². The molecule has 78 valence electrons. The molecule has 1 saturated carbocycles. The van der Waals surface area contributed by atoms with Gasteiger partial charge in [-0.1, -0.05) is 27.7 Å². The summed E-state index contributed by atoms with van der Waals surface area (Å²) in [5.41, 5.74) is 0.337. The topological polar surface area (TPSA) is 32.3 Å². The SMILES string of the molecule is CC(C)NC1CC(O)CCC1(C)C. The summed E-state index contributed by atoms with van der Waals surface area (Å²) in [6.45, 7) is 8.91. The van der Waals surface area contributed by atoms with Gasteiger partial charge < -0.3 is 10.4 Å². The van der Waals surface area contributed by atoms with Crippen molar-refractivity contribution in [2.24, 2.45) is 5.41 Å². The average molecular weight is 185 g/mol. The monoisotopic (exact) mass is 185 g/mol. The molecule has 1 rings (SSSR count). The van der Waals surface area contributed by atoms with Crippen LogP contribution < -0.4 is 5.32 Å². The Balaban J connectivity index is 2.56. The third-order valence-electron chi connectivity index (χ3n) is 3.11. The summed E-state index contributed by atoms with van der Waals surface area (Å²) in [6, 6.07) is 0.978. The predicted molar refractivity (Wildman–Crippen MR) is 55.7 cm³/mol. The van der Waals surface area contributed by atoms with Crippen LogP contribution in [-0.2, 0) is 0 Å². The van der Waals surface area contributed by atoms with Gasteiger partial charge in [0.1, 0.15) is 0 Å². The molecule has 0 spiro atoms. The van der Waals surface area contributed by atoms with Gasteiger partial charge in [0.05, 0.1) is 6.10 Å². The molecule has 0 amide bonds. The van der Waals surface area contributed by atoms with Gasteiger partial charge in [-0.25, -0.2) is 0 Å². The molecule has 2 N–H and O–H groups in total. The zero-order valence-corrected chi connectivity index (χ0v) is 9.30. The van der Waals surface area contributed by atoms with E-state index in [4.69, 9.17) is 0 Å². The molecule has 2 atom stereocenters. The van der Waals surface area contributed by atoms with Gasteiger partial charge in [0.15, 0.2) is 0 Å². The molecule has 13 heavy (non-hydrogen) atoms. The van der Waals surface area contributed by atoms with Crippen molar-refractivity contribution in [1.29, 1.82) is 0 Å². The van der Waals surface area contributed by atoms with Crippen molar-refractivity contribution in [3.8, 4) is 0 Å². The van der Waals surface area contributed by atoms with E-state index in [-0.39, 0.29) is 6.10 Å². The highest BCUT2D eigenvalue weighted by atomic mass is 16.3. The molecule has 0 aromatic carbocycles. The van der Waals surface area contributed by atoms with E-state index in [2.05, 4.69) is 33.0 Å². The lowest BCUT2D eigenvalue weighted by atomic mass is 9.72. The Bertz CT molecular complexity index is 163. The number of hydrogen-bond donors (Lipinski definition) is 2. The van der Waals surface area contributed by atoms with E-state index in [0.717, 1.165) is 19.3 Å². The quantitative estimate of drug-likeness (QED) is 0.689. The third kappa shape index (κ3) is 2.96. The first-order valence-corrected chi connectivity index (χ1v) is 5.36. The number of rotatable bonds is 2. The van der Waals surface area contributed by atoms with Crippen LogP contribution >= 0.6 is 0 Å². The molecule has 1 aliphatic carbocycles. The molecule has 1 fully saturated rings. The van der Waals surface area contributed by atoms with E-state index in [9.17, 15) is 5.11 Å². The Morgan fingerprint density at radius 1 is 1.38 bits per heavy atom. The van der Waals surface area contributed by atoms with Crippen LogP contribution in [0.3, 0.4) is 0 Å². The van der Waals surface area contributed by atoms with Gasteiger partial charge in [-0.15, -0.1) is 0 Å². The van der Waals surface area contributed by atoms with Gasteiger partial charge in [0, 0.05) is 12.1 Å². The fourth-order valence-electron chi connectivity index (χ4n) is 2.12. The lowest BCUT2D eigenvalue weighted by molar-refractivity contribution is 0.0456. The van der Waals surface area contributed by atoms with Crippen LogP contribution in [0.15, 0.2) is 0 Å². The molecule has 1 aliphatic rings. The van der Waals surface area contributed by atoms with Crippen molar-refractivity contribution in [3.63, 3.8) is 0 Å². The highest BCUT2D eigenvalue weighted by molar-refractivity contribution is 4.91. The summed E-state index contributed by atoms with van der Waals surface area (Å²) in [5, 5.41) is 13.1. The van der Waals surface area contributed by atoms with E-state index in [1.165, 1.54) is 0 Å². The van der Waals surface area contributed by atoms with Crippen molar-refractivity contribution in [3.05, 3.63) is 0 Å². The van der Waals surface area contributed by atoms with E-state index in [0.29, 0.717) is 17.5 Å². The van der Waals surface area contributed by atoms with Gasteiger partial charge in [-0.3, -0.25) is 0 Å². The van der Waals surface area contributed by atoms with E-state index in [1.807, 2.05) is 0 Å². The van der Waals surface area contributed by atoms with Crippen LogP contribution in [0.5, 0.6) is 0 Å². The van der Waals surface area contributed by atoms with Gasteiger partial charge in [0.25, 0.3) is 0 Å². The molecular formula is C11H23NO. The van der Waals surface area contributed by atoms with Gasteiger partial charge in [-0.05, 0) is 24.7 Å². The zero-order chi connectivity index (χ0) is 10.1. The second kappa shape index (κ2) is 3.97. The standard InChI is InChI=1S/C11H23NO/c1-8(2)12-10-7-9(13)5-6-11(10,3)4/h8-10,12-13H,5-7H2,1-4H3. The van der Waals surface area contributed by atoms with Crippen LogP contribution in [0.25, 0.3) is 0 Å². The molecule has 0 bridgehead atoms. The third-order valence-corrected chi connectivity index (χ3v) is 3.11. The summed E-state index contributed by atoms with van der Waals surface area (Å²) in [7, 11) is 0. The number of nitrogens with one attached hydrogen (secondary N) is 1. The van der Waals surface area contributed by atoms with Crippen molar-refractivity contribution in [2.45, 2.75) is 65.1 Å². The molecule has 2 heteroatoms. The highest BCUT2D eigenvalue weighted by Crippen LogP contribution is 2.35. The number of hydrogen-bond acceptors (Lipinski definition) is 2. The van der Waals surface area contributed by atoms with Crippen LogP contribution in [-0.4, -0.2) is 23.3 Å². The summed E-state index contributed by atoms with van der Waals surface area (Å²) < 4.78 is 0. The summed E-state index contributed by atoms with van der Waals surface area (Å²) in [6.07, 6.45) is 2.90. The second-order valence-corrected chi connectivity index (χ2v) is 5.29. The maximum absolute atomic E-state index is 9.58. The van der Waals surface area contributed by atoms with Crippen molar-refractivity contribution in [1.82, 2.24) is 5.32 Å². The lowest BCUT2D eigenvalue weighted by Gasteiger charge is -2.42. The average Bonchev–Trinajstić information content (AvgIpc) is 1.97. The Morgan fingerprint density at radius 3 is 2.54 bits per heavy atom. The Kier molecular flexibility index (Phi) is 3.36. The van der Waals surface area contributed by atoms with Crippen molar-refractivity contribution in [2.75, 3.05) is 0 Å². The van der Waals surface area contributed by atoms with Crippen LogP contribution in [0.1, 0.15) is 47.0 Å². The molecule has 0 saturated heterocycles. The molecule has 0 aromatic heterocycles. The number of aliphatic hydroxyl groups excluding tert-OH is 1. The summed E-state index contributed by atoms with van der Waals surface area (Å²) in [5.74, 6) is 0. The van der Waals surface area contributed by atoms with E-state index in [1.54, 1.807) is 0 Å². The maximum atomic E-state index is 9.58.